The summed E-state index contributed by atoms with van der Waals surface area (Å²) in [5.41, 5.74) is 0. The van der Waals surface area contributed by atoms with E-state index >= 15 is 0 Å². The van der Waals surface area contributed by atoms with Crippen molar-refractivity contribution < 1.29 is 4.74 Å². The highest BCUT2D eigenvalue weighted by molar-refractivity contribution is 7.09. The van der Waals surface area contributed by atoms with Gasteiger partial charge in [0.1, 0.15) is 5.82 Å². The molecule has 0 aromatic carbocycles. The smallest absolute Gasteiger partial charge is 0.205 e. The predicted octanol–water partition coefficient (Wildman–Crippen LogP) is 2.50. The molecule has 17 heavy (non-hydrogen) atoms. The van der Waals surface area contributed by atoms with Crippen LogP contribution in [0.25, 0.3) is 0 Å². The zero-order valence-corrected chi connectivity index (χ0v) is 11.5. The van der Waals surface area contributed by atoms with Gasteiger partial charge >= 0.3 is 0 Å². The van der Waals surface area contributed by atoms with Crippen LogP contribution in [0.2, 0.25) is 0 Å². The molecule has 1 aliphatic rings. The van der Waals surface area contributed by atoms with E-state index in [2.05, 4.69) is 21.3 Å². The Labute approximate surface area is 107 Å². The van der Waals surface area contributed by atoms with Crippen molar-refractivity contribution in [3.05, 3.63) is 5.82 Å². The van der Waals surface area contributed by atoms with E-state index in [1.165, 1.54) is 43.6 Å². The van der Waals surface area contributed by atoms with Gasteiger partial charge in [0, 0.05) is 38.2 Å². The molecule has 4 nitrogen and oxygen atoms in total. The number of nitrogens with zero attached hydrogens (tertiary/aromatic N) is 3. The predicted molar refractivity (Wildman–Crippen MR) is 70.8 cm³/mol. The molecule has 5 heteroatoms. The molecular weight excluding hydrogens is 234 g/mol. The molecule has 0 bridgehead atoms. The fraction of sp³-hybridized carbons (Fsp3) is 0.833. The highest BCUT2D eigenvalue weighted by Crippen LogP contribution is 2.27. The quantitative estimate of drug-likeness (QED) is 0.810. The molecule has 0 radical (unpaired) electrons. The number of hydrogen-bond acceptors (Lipinski definition) is 5. The number of aromatic nitrogens is 2. The van der Waals surface area contributed by atoms with Crippen molar-refractivity contribution in [3.63, 3.8) is 0 Å². The van der Waals surface area contributed by atoms with Crippen LogP contribution < -0.4 is 4.90 Å². The molecule has 0 saturated heterocycles. The van der Waals surface area contributed by atoms with Gasteiger partial charge in [0.05, 0.1) is 6.61 Å². The zero-order valence-electron chi connectivity index (χ0n) is 10.7. The van der Waals surface area contributed by atoms with Gasteiger partial charge < -0.3 is 9.64 Å². The van der Waals surface area contributed by atoms with Crippen LogP contribution in [0.3, 0.4) is 0 Å². The summed E-state index contributed by atoms with van der Waals surface area (Å²) in [6.45, 7) is 0.698. The average Bonchev–Trinajstić information content (AvgIpc) is 2.85. The molecule has 0 atom stereocenters. The lowest BCUT2D eigenvalue weighted by atomic mass is 9.95. The summed E-state index contributed by atoms with van der Waals surface area (Å²) in [7, 11) is 3.86. The lowest BCUT2D eigenvalue weighted by Gasteiger charge is -2.30. The van der Waals surface area contributed by atoms with Crippen LogP contribution in [0.5, 0.6) is 0 Å². The molecule has 96 valence electrons. The summed E-state index contributed by atoms with van der Waals surface area (Å²) in [4.78, 5) is 6.89. The minimum atomic E-state index is 0.659. The van der Waals surface area contributed by atoms with E-state index < -0.39 is 0 Å². The molecule has 0 amide bonds. The van der Waals surface area contributed by atoms with E-state index in [4.69, 9.17) is 4.74 Å². The SMILES string of the molecule is COCCc1nsc(N(C)C2CCCCC2)n1. The summed E-state index contributed by atoms with van der Waals surface area (Å²) < 4.78 is 9.42. The van der Waals surface area contributed by atoms with Crippen molar-refractivity contribution in [2.45, 2.75) is 44.6 Å². The van der Waals surface area contributed by atoms with Crippen molar-refractivity contribution in [3.8, 4) is 0 Å². The highest BCUT2D eigenvalue weighted by Gasteiger charge is 2.20. The first-order valence-corrected chi connectivity index (χ1v) is 7.13. The molecule has 1 aliphatic carbocycles. The van der Waals surface area contributed by atoms with Crippen LogP contribution in [0, 0.1) is 0 Å². The van der Waals surface area contributed by atoms with Gasteiger partial charge in [-0.3, -0.25) is 0 Å². The first-order chi connectivity index (χ1) is 8.31. The lowest BCUT2D eigenvalue weighted by molar-refractivity contribution is 0.201. The molecule has 0 aliphatic heterocycles. The first-order valence-electron chi connectivity index (χ1n) is 6.35. The number of rotatable bonds is 5. The molecule has 1 aromatic rings. The Balaban J connectivity index is 1.93. The van der Waals surface area contributed by atoms with Crippen molar-refractivity contribution >= 4 is 16.7 Å². The maximum atomic E-state index is 5.04. The number of anilines is 1. The molecule has 1 aromatic heterocycles. The maximum Gasteiger partial charge on any atom is 0.205 e. The summed E-state index contributed by atoms with van der Waals surface area (Å²) in [5.74, 6) is 0.912. The highest BCUT2D eigenvalue weighted by atomic mass is 32.1. The molecule has 2 rings (SSSR count). The van der Waals surface area contributed by atoms with Crippen LogP contribution in [-0.4, -0.2) is 36.2 Å². The second-order valence-electron chi connectivity index (χ2n) is 4.64. The second-order valence-corrected chi connectivity index (χ2v) is 5.37. The summed E-state index contributed by atoms with van der Waals surface area (Å²) in [5, 5.41) is 1.06. The fourth-order valence-electron chi connectivity index (χ4n) is 2.31. The van der Waals surface area contributed by atoms with Gasteiger partial charge in [-0.25, -0.2) is 4.98 Å². The normalized spacial score (nSPS) is 17.3. The second kappa shape index (κ2) is 6.31. The molecular formula is C12H21N3OS. The van der Waals surface area contributed by atoms with E-state index in [1.54, 1.807) is 7.11 Å². The third-order valence-corrected chi connectivity index (χ3v) is 4.26. The van der Waals surface area contributed by atoms with Gasteiger partial charge in [0.2, 0.25) is 5.13 Å². The molecule has 0 unspecified atom stereocenters. The minimum absolute atomic E-state index is 0.659. The van der Waals surface area contributed by atoms with Gasteiger partial charge in [-0.15, -0.1) is 0 Å². The van der Waals surface area contributed by atoms with E-state index in [0.29, 0.717) is 12.6 Å². The van der Waals surface area contributed by atoms with Gasteiger partial charge in [-0.1, -0.05) is 19.3 Å². The van der Waals surface area contributed by atoms with E-state index in [9.17, 15) is 0 Å². The Morgan fingerprint density at radius 1 is 1.35 bits per heavy atom. The van der Waals surface area contributed by atoms with Gasteiger partial charge in [0.15, 0.2) is 0 Å². The van der Waals surface area contributed by atoms with E-state index in [0.717, 1.165) is 17.4 Å². The number of methoxy groups -OCH3 is 1. The van der Waals surface area contributed by atoms with Crippen LogP contribution in [-0.2, 0) is 11.2 Å². The standard InChI is InChI=1S/C12H21N3OS/c1-15(10-6-4-3-5-7-10)12-13-11(14-17-12)8-9-16-2/h10H,3-9H2,1-2H3. The van der Waals surface area contributed by atoms with E-state index in [-0.39, 0.29) is 0 Å². The summed E-state index contributed by atoms with van der Waals surface area (Å²) >= 11 is 1.51. The van der Waals surface area contributed by atoms with Crippen molar-refractivity contribution in [1.29, 1.82) is 0 Å². The molecule has 0 spiro atoms. The first kappa shape index (κ1) is 12.8. The Kier molecular flexibility index (Phi) is 4.74. The third-order valence-electron chi connectivity index (χ3n) is 3.41. The topological polar surface area (TPSA) is 38.2 Å². The maximum absolute atomic E-state index is 5.04. The minimum Gasteiger partial charge on any atom is -0.384 e. The number of ether oxygens (including phenoxy) is 1. The van der Waals surface area contributed by atoms with Gasteiger partial charge in [-0.05, 0) is 12.8 Å². The van der Waals surface area contributed by atoms with E-state index in [1.807, 2.05) is 0 Å². The Morgan fingerprint density at radius 2 is 2.12 bits per heavy atom. The molecule has 1 saturated carbocycles. The lowest BCUT2D eigenvalue weighted by Crippen LogP contribution is -2.33. The van der Waals surface area contributed by atoms with Crippen LogP contribution in [0.15, 0.2) is 0 Å². The summed E-state index contributed by atoms with van der Waals surface area (Å²) in [6.07, 6.45) is 7.49. The molecule has 1 fully saturated rings. The summed E-state index contributed by atoms with van der Waals surface area (Å²) in [6, 6.07) is 0.659. The molecule has 0 N–H and O–H groups in total. The van der Waals surface area contributed by atoms with Crippen molar-refractivity contribution in [2.75, 3.05) is 25.7 Å². The zero-order chi connectivity index (χ0) is 12.1. The monoisotopic (exact) mass is 255 g/mol. The third kappa shape index (κ3) is 3.39. The molecule has 1 heterocycles. The van der Waals surface area contributed by atoms with Crippen molar-refractivity contribution in [1.82, 2.24) is 9.36 Å². The fourth-order valence-corrected chi connectivity index (χ4v) is 3.05. The number of hydrogen-bond donors (Lipinski definition) is 0. The van der Waals surface area contributed by atoms with Crippen LogP contribution in [0.1, 0.15) is 37.9 Å². The Bertz CT molecular complexity index is 336. The largest absolute Gasteiger partial charge is 0.384 e. The van der Waals surface area contributed by atoms with Gasteiger partial charge in [-0.2, -0.15) is 4.37 Å². The Morgan fingerprint density at radius 3 is 2.82 bits per heavy atom. The van der Waals surface area contributed by atoms with Crippen LogP contribution >= 0.6 is 11.5 Å². The van der Waals surface area contributed by atoms with Gasteiger partial charge in [0.25, 0.3) is 0 Å². The average molecular weight is 255 g/mol. The van der Waals surface area contributed by atoms with Crippen molar-refractivity contribution in [2.24, 2.45) is 0 Å². The van der Waals surface area contributed by atoms with Crippen LogP contribution in [0.4, 0.5) is 5.13 Å². The Hall–Kier alpha value is -0.680.